The van der Waals surface area contributed by atoms with E-state index in [1.807, 2.05) is 0 Å². The molecule has 3 N–H and O–H groups in total. The Labute approximate surface area is 105 Å². The molecule has 1 aromatic carbocycles. The van der Waals surface area contributed by atoms with Gasteiger partial charge in [-0.15, -0.1) is 0 Å². The highest BCUT2D eigenvalue weighted by Gasteiger charge is 2.20. The van der Waals surface area contributed by atoms with Crippen molar-refractivity contribution in [2.45, 2.75) is 23.8 Å². The molecule has 1 atom stereocenters. The van der Waals surface area contributed by atoms with Crippen LogP contribution in [0.25, 0.3) is 0 Å². The number of aliphatic carboxylic acids is 1. The molecule has 1 aliphatic rings. The Balaban J connectivity index is 0.000000184. The quantitative estimate of drug-likeness (QED) is 0.687. The van der Waals surface area contributed by atoms with E-state index in [1.54, 1.807) is 18.2 Å². The Morgan fingerprint density at radius 2 is 1.89 bits per heavy atom. The van der Waals surface area contributed by atoms with Crippen LogP contribution in [0.4, 0.5) is 0 Å². The maximum atomic E-state index is 10.4. The van der Waals surface area contributed by atoms with Gasteiger partial charge in [0.25, 0.3) is 10.1 Å². The van der Waals surface area contributed by atoms with Crippen molar-refractivity contribution >= 4 is 16.1 Å². The summed E-state index contributed by atoms with van der Waals surface area (Å²) in [5.74, 6) is -0.720. The lowest BCUT2D eigenvalue weighted by molar-refractivity contribution is -0.139. The molecular weight excluding hydrogens is 258 g/mol. The molecule has 0 amide bonds. The SMILES string of the molecule is O=C(O)[C@@H]1CCCN1.O=S(=O)(O)c1ccccc1. The van der Waals surface area contributed by atoms with Crippen LogP contribution in [-0.4, -0.2) is 36.6 Å². The van der Waals surface area contributed by atoms with Crippen molar-refractivity contribution in [3.05, 3.63) is 30.3 Å². The van der Waals surface area contributed by atoms with E-state index >= 15 is 0 Å². The lowest BCUT2D eigenvalue weighted by Crippen LogP contribution is -2.29. The first-order valence-corrected chi connectivity index (χ1v) is 6.84. The predicted molar refractivity (Wildman–Crippen MR) is 64.9 cm³/mol. The zero-order chi connectivity index (χ0) is 13.6. The van der Waals surface area contributed by atoms with E-state index in [0.29, 0.717) is 0 Å². The monoisotopic (exact) mass is 273 g/mol. The Bertz CT molecular complexity index is 479. The molecule has 2 rings (SSSR count). The van der Waals surface area contributed by atoms with Gasteiger partial charge in [-0.05, 0) is 31.5 Å². The molecule has 0 aliphatic carbocycles. The van der Waals surface area contributed by atoms with Gasteiger partial charge in [0, 0.05) is 0 Å². The Kier molecular flexibility index (Phi) is 5.26. The second-order valence-corrected chi connectivity index (χ2v) is 5.20. The van der Waals surface area contributed by atoms with Crippen LogP contribution in [0.2, 0.25) is 0 Å². The standard InChI is InChI=1S/C6H6O3S.C5H9NO2/c7-10(8,9)6-4-2-1-3-5-6;7-5(8)4-2-1-3-6-4/h1-5H,(H,7,8,9);4,6H,1-3H2,(H,7,8)/t;4-/m.0/s1. The van der Waals surface area contributed by atoms with E-state index in [0.717, 1.165) is 19.4 Å². The number of hydrogen-bond donors (Lipinski definition) is 3. The van der Waals surface area contributed by atoms with Crippen LogP contribution in [0.1, 0.15) is 12.8 Å². The van der Waals surface area contributed by atoms with Gasteiger partial charge >= 0.3 is 5.97 Å². The number of carbonyl (C=O) groups is 1. The molecule has 1 saturated heterocycles. The van der Waals surface area contributed by atoms with Crippen LogP contribution in [0.15, 0.2) is 35.2 Å². The molecule has 0 bridgehead atoms. The van der Waals surface area contributed by atoms with Crippen molar-refractivity contribution in [1.29, 1.82) is 0 Å². The van der Waals surface area contributed by atoms with E-state index in [2.05, 4.69) is 5.32 Å². The average Bonchev–Trinajstić information content (AvgIpc) is 2.83. The van der Waals surface area contributed by atoms with Crippen LogP contribution < -0.4 is 5.32 Å². The summed E-state index contributed by atoms with van der Waals surface area (Å²) in [4.78, 5) is 10.1. The van der Waals surface area contributed by atoms with Gasteiger partial charge in [-0.1, -0.05) is 18.2 Å². The topological polar surface area (TPSA) is 104 Å². The summed E-state index contributed by atoms with van der Waals surface area (Å²) in [6.45, 7) is 0.858. The van der Waals surface area contributed by atoms with Crippen molar-refractivity contribution in [3.63, 3.8) is 0 Å². The summed E-state index contributed by atoms with van der Waals surface area (Å²) in [7, 11) is -4.00. The van der Waals surface area contributed by atoms with E-state index < -0.39 is 16.1 Å². The maximum Gasteiger partial charge on any atom is 0.320 e. The summed E-state index contributed by atoms with van der Waals surface area (Å²) in [6.07, 6.45) is 1.78. The van der Waals surface area contributed by atoms with Crippen molar-refractivity contribution in [2.75, 3.05) is 6.54 Å². The third-order valence-electron chi connectivity index (χ3n) is 2.40. The molecule has 1 aromatic rings. The van der Waals surface area contributed by atoms with Crippen molar-refractivity contribution in [1.82, 2.24) is 5.32 Å². The van der Waals surface area contributed by atoms with Gasteiger partial charge in [0.15, 0.2) is 0 Å². The normalized spacial score (nSPS) is 18.8. The van der Waals surface area contributed by atoms with E-state index in [1.165, 1.54) is 12.1 Å². The first kappa shape index (κ1) is 14.6. The fourth-order valence-electron chi connectivity index (χ4n) is 1.49. The number of benzene rings is 1. The van der Waals surface area contributed by atoms with Crippen LogP contribution >= 0.6 is 0 Å². The second kappa shape index (κ2) is 6.48. The number of rotatable bonds is 2. The Morgan fingerprint density at radius 1 is 1.28 bits per heavy atom. The summed E-state index contributed by atoms with van der Waals surface area (Å²) in [5, 5.41) is 11.2. The molecule has 100 valence electrons. The summed E-state index contributed by atoms with van der Waals surface area (Å²) in [6, 6.07) is 7.15. The molecule has 6 nitrogen and oxygen atoms in total. The zero-order valence-corrected chi connectivity index (χ0v) is 10.4. The van der Waals surface area contributed by atoms with Crippen LogP contribution in [0, 0.1) is 0 Å². The summed E-state index contributed by atoms with van der Waals surface area (Å²) >= 11 is 0. The molecule has 0 saturated carbocycles. The first-order chi connectivity index (χ1) is 8.41. The molecule has 1 heterocycles. The number of nitrogens with one attached hydrogen (secondary N) is 1. The van der Waals surface area contributed by atoms with Gasteiger partial charge in [-0.25, -0.2) is 0 Å². The lowest BCUT2D eigenvalue weighted by atomic mass is 10.2. The molecule has 1 fully saturated rings. The van der Waals surface area contributed by atoms with E-state index in [-0.39, 0.29) is 10.9 Å². The average molecular weight is 273 g/mol. The molecule has 0 radical (unpaired) electrons. The van der Waals surface area contributed by atoms with Crippen molar-refractivity contribution < 1.29 is 22.9 Å². The highest BCUT2D eigenvalue weighted by molar-refractivity contribution is 7.85. The van der Waals surface area contributed by atoms with Crippen LogP contribution in [0.3, 0.4) is 0 Å². The Morgan fingerprint density at radius 3 is 2.17 bits per heavy atom. The first-order valence-electron chi connectivity index (χ1n) is 5.40. The maximum absolute atomic E-state index is 10.4. The largest absolute Gasteiger partial charge is 0.480 e. The van der Waals surface area contributed by atoms with Crippen molar-refractivity contribution in [3.8, 4) is 0 Å². The van der Waals surface area contributed by atoms with Gasteiger partial charge in [-0.2, -0.15) is 8.42 Å². The number of hydrogen-bond acceptors (Lipinski definition) is 4. The minimum absolute atomic E-state index is 0.0741. The second-order valence-electron chi connectivity index (χ2n) is 3.78. The number of carboxylic acids is 1. The molecule has 0 spiro atoms. The smallest absolute Gasteiger partial charge is 0.320 e. The third kappa shape index (κ3) is 4.82. The lowest BCUT2D eigenvalue weighted by Gasteiger charge is -1.99. The highest BCUT2D eigenvalue weighted by atomic mass is 32.2. The van der Waals surface area contributed by atoms with Gasteiger partial charge < -0.3 is 10.4 Å². The van der Waals surface area contributed by atoms with Gasteiger partial charge in [0.05, 0.1) is 4.90 Å². The summed E-state index contributed by atoms with van der Waals surface area (Å²) in [5.41, 5.74) is 0. The molecule has 1 aliphatic heterocycles. The van der Waals surface area contributed by atoms with Crippen molar-refractivity contribution in [2.24, 2.45) is 0 Å². The minimum Gasteiger partial charge on any atom is -0.480 e. The summed E-state index contributed by atoms with van der Waals surface area (Å²) < 4.78 is 29.2. The van der Waals surface area contributed by atoms with Gasteiger partial charge in [0.2, 0.25) is 0 Å². The highest BCUT2D eigenvalue weighted by Crippen LogP contribution is 2.05. The predicted octanol–water partition coefficient (Wildman–Crippen LogP) is 0.756. The number of carboxylic acid groups (broad SMARTS) is 1. The van der Waals surface area contributed by atoms with Crippen LogP contribution in [0.5, 0.6) is 0 Å². The van der Waals surface area contributed by atoms with Gasteiger partial charge in [0.1, 0.15) is 6.04 Å². The fraction of sp³-hybridized carbons (Fsp3) is 0.364. The third-order valence-corrected chi connectivity index (χ3v) is 3.27. The molecule has 0 unspecified atom stereocenters. The molecule has 0 aromatic heterocycles. The fourth-order valence-corrected chi connectivity index (χ4v) is 1.99. The van der Waals surface area contributed by atoms with Crippen LogP contribution in [-0.2, 0) is 14.9 Å². The molecule has 18 heavy (non-hydrogen) atoms. The Hall–Kier alpha value is -1.44. The van der Waals surface area contributed by atoms with E-state index in [4.69, 9.17) is 9.66 Å². The molecule has 7 heteroatoms. The minimum atomic E-state index is -4.00. The molecular formula is C11H15NO5S. The van der Waals surface area contributed by atoms with E-state index in [9.17, 15) is 13.2 Å². The zero-order valence-electron chi connectivity index (χ0n) is 9.61. The van der Waals surface area contributed by atoms with Gasteiger partial charge in [-0.3, -0.25) is 9.35 Å².